The maximum atomic E-state index is 14.6. The monoisotopic (exact) mass is 534 g/mol. The largest absolute Gasteiger partial charge is 0.455 e. The van der Waals surface area contributed by atoms with Gasteiger partial charge in [0.15, 0.2) is 9.84 Å². The standard InChI is InChI=1S/C22H20F6N4O3S/c23-15-6-4-14(5-7-15)18(21(24,25)22(26,27)28)31-17(19(33)32-20(13-29)8-9-20)12-36(34,35)11-16-3-1-2-10-30-16/h1-7,10,17-18,31H,8-9,11-12H2,(H,32,33)/t17-,18-/m0/s1. The first kappa shape index (κ1) is 27.4. The van der Waals surface area contributed by atoms with E-state index < -0.39 is 68.4 Å². The molecule has 36 heavy (non-hydrogen) atoms. The molecule has 0 bridgehead atoms. The Bertz CT molecular complexity index is 1230. The first-order valence-electron chi connectivity index (χ1n) is 10.5. The van der Waals surface area contributed by atoms with Crippen molar-refractivity contribution in [2.24, 2.45) is 0 Å². The summed E-state index contributed by atoms with van der Waals surface area (Å²) >= 11 is 0. The number of hydrogen-bond acceptors (Lipinski definition) is 6. The van der Waals surface area contributed by atoms with E-state index in [1.54, 1.807) is 6.07 Å². The van der Waals surface area contributed by atoms with Gasteiger partial charge in [0.05, 0.1) is 23.3 Å². The molecule has 2 N–H and O–H groups in total. The molecular weight excluding hydrogens is 514 g/mol. The second-order valence-corrected chi connectivity index (χ2v) is 10.5. The summed E-state index contributed by atoms with van der Waals surface area (Å²) in [4.78, 5) is 16.7. The van der Waals surface area contributed by atoms with E-state index in [1.165, 1.54) is 24.4 Å². The number of nitrogens with zero attached hydrogens (tertiary/aromatic N) is 2. The van der Waals surface area contributed by atoms with Crippen molar-refractivity contribution in [1.82, 2.24) is 15.6 Å². The molecule has 1 aliphatic carbocycles. The highest BCUT2D eigenvalue weighted by molar-refractivity contribution is 7.90. The summed E-state index contributed by atoms with van der Waals surface area (Å²) in [7, 11) is -4.29. The number of pyridine rings is 1. The quantitative estimate of drug-likeness (QED) is 0.453. The van der Waals surface area contributed by atoms with Gasteiger partial charge in [-0.15, -0.1) is 0 Å². The third kappa shape index (κ3) is 6.52. The molecule has 1 amide bonds. The molecular formula is C22H20F6N4O3S. The van der Waals surface area contributed by atoms with Crippen LogP contribution in [0, 0.1) is 17.1 Å². The number of nitrogens with one attached hydrogen (secondary N) is 2. The molecule has 0 radical (unpaired) electrons. The fourth-order valence-electron chi connectivity index (χ4n) is 3.36. The first-order chi connectivity index (χ1) is 16.7. The Morgan fingerprint density at radius 3 is 2.25 bits per heavy atom. The summed E-state index contributed by atoms with van der Waals surface area (Å²) < 4.78 is 108. The van der Waals surface area contributed by atoms with Crippen LogP contribution in [0.5, 0.6) is 0 Å². The van der Waals surface area contributed by atoms with E-state index in [-0.39, 0.29) is 18.5 Å². The third-order valence-electron chi connectivity index (χ3n) is 5.47. The zero-order valence-corrected chi connectivity index (χ0v) is 19.2. The van der Waals surface area contributed by atoms with Gasteiger partial charge in [-0.05, 0) is 42.7 Å². The van der Waals surface area contributed by atoms with E-state index in [4.69, 9.17) is 0 Å². The number of rotatable bonds is 10. The second-order valence-electron chi connectivity index (χ2n) is 8.38. The summed E-state index contributed by atoms with van der Waals surface area (Å²) in [5.74, 6) is -9.54. The van der Waals surface area contributed by atoms with Gasteiger partial charge in [-0.2, -0.15) is 27.2 Å². The van der Waals surface area contributed by atoms with E-state index in [9.17, 15) is 44.8 Å². The minimum atomic E-state index is -6.10. The van der Waals surface area contributed by atoms with Crippen molar-refractivity contribution in [3.63, 3.8) is 0 Å². The number of sulfone groups is 1. The zero-order valence-electron chi connectivity index (χ0n) is 18.4. The molecule has 2 aromatic rings. The predicted molar refractivity (Wildman–Crippen MR) is 115 cm³/mol. The van der Waals surface area contributed by atoms with Crippen LogP contribution in [0.1, 0.15) is 30.1 Å². The fraction of sp³-hybridized carbons (Fsp3) is 0.409. The van der Waals surface area contributed by atoms with Gasteiger partial charge < -0.3 is 5.32 Å². The third-order valence-corrected chi connectivity index (χ3v) is 7.05. The van der Waals surface area contributed by atoms with Gasteiger partial charge in [0.1, 0.15) is 23.4 Å². The molecule has 1 aromatic heterocycles. The van der Waals surface area contributed by atoms with E-state index in [2.05, 4.69) is 10.3 Å². The van der Waals surface area contributed by atoms with Crippen LogP contribution < -0.4 is 10.6 Å². The number of halogens is 6. The number of alkyl halides is 5. The van der Waals surface area contributed by atoms with E-state index in [0.29, 0.717) is 24.3 Å². The molecule has 1 heterocycles. The van der Waals surface area contributed by atoms with Crippen molar-refractivity contribution in [3.8, 4) is 6.07 Å². The van der Waals surface area contributed by atoms with Crippen molar-refractivity contribution in [2.45, 2.75) is 48.3 Å². The molecule has 0 saturated heterocycles. The molecule has 1 aliphatic rings. The SMILES string of the molecule is N#CC1(NC(=O)[C@H](CS(=O)(=O)Cc2ccccn2)N[C@@H](c2ccc(F)cc2)C(F)(F)C(F)(F)F)CC1. The molecule has 3 rings (SSSR count). The minimum Gasteiger partial charge on any atom is -0.336 e. The van der Waals surface area contributed by atoms with Crippen LogP contribution in [0.25, 0.3) is 0 Å². The lowest BCUT2D eigenvalue weighted by molar-refractivity contribution is -0.294. The summed E-state index contributed by atoms with van der Waals surface area (Å²) in [5, 5.41) is 13.3. The van der Waals surface area contributed by atoms with E-state index in [1.807, 2.05) is 5.32 Å². The molecule has 7 nitrogen and oxygen atoms in total. The van der Waals surface area contributed by atoms with Crippen LogP contribution in [-0.2, 0) is 20.4 Å². The molecule has 14 heteroatoms. The average Bonchev–Trinajstić information content (AvgIpc) is 3.56. The van der Waals surface area contributed by atoms with Gasteiger partial charge >= 0.3 is 12.1 Å². The van der Waals surface area contributed by atoms with Crippen LogP contribution in [0.4, 0.5) is 26.3 Å². The molecule has 0 unspecified atom stereocenters. The van der Waals surface area contributed by atoms with Crippen molar-refractivity contribution < 1.29 is 39.6 Å². The lowest BCUT2D eigenvalue weighted by Gasteiger charge is -2.33. The number of carbonyl (C=O) groups is 1. The Labute approximate surface area is 202 Å². The van der Waals surface area contributed by atoms with Gasteiger partial charge in [0, 0.05) is 6.20 Å². The number of amides is 1. The Kier molecular flexibility index (Phi) is 7.66. The topological polar surface area (TPSA) is 112 Å². The number of carbonyl (C=O) groups excluding carboxylic acids is 1. The predicted octanol–water partition coefficient (Wildman–Crippen LogP) is 3.20. The van der Waals surface area contributed by atoms with Gasteiger partial charge in [0.25, 0.3) is 0 Å². The molecule has 2 atom stereocenters. The van der Waals surface area contributed by atoms with Gasteiger partial charge in [-0.3, -0.25) is 15.1 Å². The van der Waals surface area contributed by atoms with Crippen LogP contribution in [0.2, 0.25) is 0 Å². The van der Waals surface area contributed by atoms with Crippen LogP contribution in [0.3, 0.4) is 0 Å². The van der Waals surface area contributed by atoms with Crippen LogP contribution in [-0.4, -0.2) is 48.7 Å². The Morgan fingerprint density at radius 1 is 1.11 bits per heavy atom. The Balaban J connectivity index is 1.98. The van der Waals surface area contributed by atoms with E-state index >= 15 is 0 Å². The van der Waals surface area contributed by atoms with Crippen molar-refractivity contribution in [1.29, 1.82) is 5.26 Å². The maximum Gasteiger partial charge on any atom is 0.455 e. The summed E-state index contributed by atoms with van der Waals surface area (Å²) in [6.07, 6.45) is -4.41. The Hall–Kier alpha value is -3.18. The maximum absolute atomic E-state index is 14.6. The number of hydrogen-bond donors (Lipinski definition) is 2. The summed E-state index contributed by atoms with van der Waals surface area (Å²) in [6.45, 7) is 0. The van der Waals surface area contributed by atoms with Gasteiger partial charge in [0.2, 0.25) is 5.91 Å². The smallest absolute Gasteiger partial charge is 0.336 e. The lowest BCUT2D eigenvalue weighted by atomic mass is 9.98. The average molecular weight is 534 g/mol. The summed E-state index contributed by atoms with van der Waals surface area (Å²) in [6, 6.07) is 3.72. The molecule has 0 spiro atoms. The molecule has 0 aliphatic heterocycles. The van der Waals surface area contributed by atoms with Crippen molar-refractivity contribution in [3.05, 3.63) is 65.7 Å². The molecule has 1 saturated carbocycles. The molecule has 1 aromatic carbocycles. The molecule has 1 fully saturated rings. The number of nitriles is 1. The van der Waals surface area contributed by atoms with Crippen molar-refractivity contribution in [2.75, 3.05) is 5.75 Å². The van der Waals surface area contributed by atoms with E-state index in [0.717, 1.165) is 0 Å². The van der Waals surface area contributed by atoms with Crippen LogP contribution in [0.15, 0.2) is 48.7 Å². The van der Waals surface area contributed by atoms with Crippen molar-refractivity contribution >= 4 is 15.7 Å². The fourth-order valence-corrected chi connectivity index (χ4v) is 4.86. The first-order valence-corrected chi connectivity index (χ1v) is 12.3. The summed E-state index contributed by atoms with van der Waals surface area (Å²) in [5.41, 5.74) is -2.04. The molecule has 194 valence electrons. The number of benzene rings is 1. The van der Waals surface area contributed by atoms with Gasteiger partial charge in [-0.1, -0.05) is 18.2 Å². The highest BCUT2D eigenvalue weighted by atomic mass is 32.2. The highest BCUT2D eigenvalue weighted by Gasteiger charge is 2.63. The van der Waals surface area contributed by atoms with Crippen LogP contribution >= 0.6 is 0 Å². The minimum absolute atomic E-state index is 0.0584. The van der Waals surface area contributed by atoms with Gasteiger partial charge in [-0.25, -0.2) is 12.8 Å². The second kappa shape index (κ2) is 10.1. The normalized spacial score (nSPS) is 17.0. The Morgan fingerprint density at radius 2 is 1.75 bits per heavy atom. The zero-order chi connectivity index (χ0) is 26.8. The number of aromatic nitrogens is 1. The highest BCUT2D eigenvalue weighted by Crippen LogP contribution is 2.45. The lowest BCUT2D eigenvalue weighted by Crippen LogP contribution is -2.57.